The highest BCUT2D eigenvalue weighted by atomic mass is 16.2. The van der Waals surface area contributed by atoms with Crippen molar-refractivity contribution in [3.8, 4) is 0 Å². The van der Waals surface area contributed by atoms with E-state index in [0.29, 0.717) is 36.8 Å². The van der Waals surface area contributed by atoms with Crippen LogP contribution in [0.5, 0.6) is 0 Å². The Morgan fingerprint density at radius 2 is 1.80 bits per heavy atom. The number of rotatable bonds is 7. The van der Waals surface area contributed by atoms with Crippen LogP contribution < -0.4 is 5.32 Å². The third kappa shape index (κ3) is 5.44. The van der Waals surface area contributed by atoms with Crippen molar-refractivity contribution in [1.82, 2.24) is 15.1 Å². The zero-order valence-electron chi connectivity index (χ0n) is 15.8. The number of hydrogen-bond donors (Lipinski definition) is 1. The quantitative estimate of drug-likeness (QED) is 0.768. The second-order valence-corrected chi connectivity index (χ2v) is 8.47. The molecule has 3 rings (SSSR count). The molecule has 0 aromatic heterocycles. The van der Waals surface area contributed by atoms with Gasteiger partial charge in [0.2, 0.25) is 11.8 Å². The van der Waals surface area contributed by atoms with Gasteiger partial charge in [-0.2, -0.15) is 0 Å². The topological polar surface area (TPSA) is 52.7 Å². The molecule has 1 N–H and O–H groups in total. The summed E-state index contributed by atoms with van der Waals surface area (Å²) in [6, 6.07) is 0.906. The van der Waals surface area contributed by atoms with Crippen LogP contribution in [0, 0.1) is 5.92 Å². The Labute approximate surface area is 152 Å². The number of nitrogens with zero attached hydrogens (tertiary/aromatic N) is 2. The van der Waals surface area contributed by atoms with E-state index in [1.165, 1.54) is 44.9 Å². The predicted molar refractivity (Wildman–Crippen MR) is 99.2 cm³/mol. The maximum absolute atomic E-state index is 12.3. The van der Waals surface area contributed by atoms with Gasteiger partial charge < -0.3 is 15.1 Å². The van der Waals surface area contributed by atoms with Crippen molar-refractivity contribution in [2.24, 2.45) is 5.92 Å². The lowest BCUT2D eigenvalue weighted by molar-refractivity contribution is -0.129. The van der Waals surface area contributed by atoms with Crippen LogP contribution in [0.1, 0.15) is 70.6 Å². The summed E-state index contributed by atoms with van der Waals surface area (Å²) in [7, 11) is 2.08. The fraction of sp³-hybridized carbons (Fsp3) is 0.900. The van der Waals surface area contributed by atoms with E-state index in [0.717, 1.165) is 32.5 Å². The minimum Gasteiger partial charge on any atom is -0.353 e. The first-order valence-electron chi connectivity index (χ1n) is 10.4. The van der Waals surface area contributed by atoms with Crippen LogP contribution in [0.15, 0.2) is 0 Å². The van der Waals surface area contributed by atoms with Crippen LogP contribution in [0.4, 0.5) is 0 Å². The Morgan fingerprint density at radius 1 is 1.12 bits per heavy atom. The van der Waals surface area contributed by atoms with Crippen LogP contribution in [-0.4, -0.2) is 60.4 Å². The summed E-state index contributed by atoms with van der Waals surface area (Å²) in [6.07, 6.45) is 12.3. The van der Waals surface area contributed by atoms with Crippen molar-refractivity contribution >= 4 is 11.8 Å². The summed E-state index contributed by atoms with van der Waals surface area (Å²) in [5, 5.41) is 3.19. The van der Waals surface area contributed by atoms with Crippen molar-refractivity contribution in [3.05, 3.63) is 0 Å². The molecule has 2 amide bonds. The van der Waals surface area contributed by atoms with Crippen LogP contribution in [-0.2, 0) is 9.59 Å². The van der Waals surface area contributed by atoms with Crippen LogP contribution in [0.3, 0.4) is 0 Å². The van der Waals surface area contributed by atoms with E-state index in [1.807, 2.05) is 0 Å². The van der Waals surface area contributed by atoms with Gasteiger partial charge in [0.25, 0.3) is 0 Å². The molecule has 0 spiro atoms. The largest absolute Gasteiger partial charge is 0.353 e. The summed E-state index contributed by atoms with van der Waals surface area (Å²) >= 11 is 0. The average molecular weight is 350 g/mol. The van der Waals surface area contributed by atoms with Gasteiger partial charge in [-0.3, -0.25) is 9.59 Å². The van der Waals surface area contributed by atoms with Gasteiger partial charge in [0, 0.05) is 44.6 Å². The van der Waals surface area contributed by atoms with Crippen molar-refractivity contribution in [1.29, 1.82) is 0 Å². The van der Waals surface area contributed by atoms with E-state index in [1.54, 1.807) is 0 Å². The summed E-state index contributed by atoms with van der Waals surface area (Å²) in [5.41, 5.74) is 0. The first kappa shape index (κ1) is 18.7. The molecule has 1 saturated heterocycles. The third-order valence-corrected chi connectivity index (χ3v) is 6.26. The van der Waals surface area contributed by atoms with E-state index in [9.17, 15) is 9.59 Å². The molecular formula is C20H35N3O2. The highest BCUT2D eigenvalue weighted by Crippen LogP contribution is 2.29. The minimum atomic E-state index is 0.189. The molecule has 0 aromatic rings. The molecular weight excluding hydrogens is 314 g/mol. The molecule has 0 aromatic carbocycles. The zero-order chi connectivity index (χ0) is 17.6. The van der Waals surface area contributed by atoms with Gasteiger partial charge in [0.05, 0.1) is 0 Å². The second-order valence-electron chi connectivity index (χ2n) is 8.47. The van der Waals surface area contributed by atoms with Crippen LogP contribution in [0.25, 0.3) is 0 Å². The third-order valence-electron chi connectivity index (χ3n) is 6.26. The number of likely N-dealkylation sites (tertiary alicyclic amines) is 1. The maximum Gasteiger partial charge on any atom is 0.223 e. The average Bonchev–Trinajstić information content (AvgIpc) is 3.23. The van der Waals surface area contributed by atoms with Gasteiger partial charge in [0.15, 0.2) is 0 Å². The first-order chi connectivity index (χ1) is 12.1. The Kier molecular flexibility index (Phi) is 6.74. The highest BCUT2D eigenvalue weighted by Gasteiger charge is 2.35. The molecule has 5 heteroatoms. The number of carbonyl (C=O) groups excluding carboxylic acids is 2. The molecule has 0 bridgehead atoms. The predicted octanol–water partition coefficient (Wildman–Crippen LogP) is 2.55. The van der Waals surface area contributed by atoms with Gasteiger partial charge in [-0.15, -0.1) is 0 Å². The molecule has 1 unspecified atom stereocenters. The normalized spacial score (nSPS) is 25.9. The SMILES string of the molecule is CN(CCC(=O)NC1CCCCC1)CC1CC(=O)N(C2CCCC2)C1. The summed E-state index contributed by atoms with van der Waals surface area (Å²) in [5.74, 6) is 0.966. The van der Waals surface area contributed by atoms with Gasteiger partial charge in [0.1, 0.15) is 0 Å². The molecule has 2 aliphatic carbocycles. The second kappa shape index (κ2) is 9.02. The Morgan fingerprint density at radius 3 is 2.52 bits per heavy atom. The maximum atomic E-state index is 12.3. The first-order valence-corrected chi connectivity index (χ1v) is 10.4. The standard InChI is InChI=1S/C20H35N3O2/c1-22(12-11-19(24)21-17-7-3-2-4-8-17)14-16-13-20(25)23(15-16)18-9-5-6-10-18/h16-18H,2-15H2,1H3,(H,21,24). The summed E-state index contributed by atoms with van der Waals surface area (Å²) in [6.45, 7) is 2.63. The highest BCUT2D eigenvalue weighted by molar-refractivity contribution is 5.79. The van der Waals surface area contributed by atoms with Crippen LogP contribution >= 0.6 is 0 Å². The molecule has 2 saturated carbocycles. The van der Waals surface area contributed by atoms with E-state index in [4.69, 9.17) is 0 Å². The number of nitrogens with one attached hydrogen (secondary N) is 1. The monoisotopic (exact) mass is 349 g/mol. The van der Waals surface area contributed by atoms with Crippen molar-refractivity contribution in [2.45, 2.75) is 82.7 Å². The smallest absolute Gasteiger partial charge is 0.223 e. The molecule has 3 fully saturated rings. The van der Waals surface area contributed by atoms with Crippen molar-refractivity contribution in [2.75, 3.05) is 26.7 Å². The molecule has 142 valence electrons. The Balaban J connectivity index is 1.34. The molecule has 1 atom stereocenters. The van der Waals surface area contributed by atoms with E-state index < -0.39 is 0 Å². The van der Waals surface area contributed by atoms with Crippen molar-refractivity contribution in [3.63, 3.8) is 0 Å². The Bertz CT molecular complexity index is 456. The fourth-order valence-corrected chi connectivity index (χ4v) is 4.87. The summed E-state index contributed by atoms with van der Waals surface area (Å²) in [4.78, 5) is 28.8. The van der Waals surface area contributed by atoms with Gasteiger partial charge >= 0.3 is 0 Å². The van der Waals surface area contributed by atoms with Gasteiger partial charge in [-0.05, 0) is 38.6 Å². The lowest BCUT2D eigenvalue weighted by Crippen LogP contribution is -2.38. The number of amides is 2. The summed E-state index contributed by atoms with van der Waals surface area (Å²) < 4.78 is 0. The number of hydrogen-bond acceptors (Lipinski definition) is 3. The molecule has 1 aliphatic heterocycles. The van der Waals surface area contributed by atoms with E-state index in [2.05, 4.69) is 22.2 Å². The van der Waals surface area contributed by atoms with Gasteiger partial charge in [-0.25, -0.2) is 0 Å². The molecule has 0 radical (unpaired) electrons. The van der Waals surface area contributed by atoms with E-state index in [-0.39, 0.29) is 5.91 Å². The Hall–Kier alpha value is -1.10. The molecule has 25 heavy (non-hydrogen) atoms. The van der Waals surface area contributed by atoms with E-state index >= 15 is 0 Å². The zero-order valence-corrected chi connectivity index (χ0v) is 15.8. The van der Waals surface area contributed by atoms with Crippen LogP contribution in [0.2, 0.25) is 0 Å². The fourth-order valence-electron chi connectivity index (χ4n) is 4.87. The lowest BCUT2D eigenvalue weighted by atomic mass is 9.95. The lowest BCUT2D eigenvalue weighted by Gasteiger charge is -2.26. The minimum absolute atomic E-state index is 0.189. The molecule has 3 aliphatic rings. The molecule has 1 heterocycles. The van der Waals surface area contributed by atoms with Gasteiger partial charge in [-0.1, -0.05) is 32.1 Å². The molecule has 5 nitrogen and oxygen atoms in total. The van der Waals surface area contributed by atoms with Crippen molar-refractivity contribution < 1.29 is 9.59 Å². The number of carbonyl (C=O) groups is 2.